The van der Waals surface area contributed by atoms with Crippen molar-refractivity contribution in [3.05, 3.63) is 29.3 Å². The summed E-state index contributed by atoms with van der Waals surface area (Å²) in [5.41, 5.74) is 1.63. The lowest BCUT2D eigenvalue weighted by Gasteiger charge is -2.20. The molecule has 0 atom stereocenters. The van der Waals surface area contributed by atoms with Crippen LogP contribution < -0.4 is 5.32 Å². The van der Waals surface area contributed by atoms with Gasteiger partial charge >= 0.3 is 5.97 Å². The number of esters is 1. The second-order valence-corrected chi connectivity index (χ2v) is 9.27. The highest BCUT2D eigenvalue weighted by Gasteiger charge is 2.22. The third kappa shape index (κ3) is 6.26. The van der Waals surface area contributed by atoms with Crippen molar-refractivity contribution in [2.45, 2.75) is 52.0 Å². The number of methoxy groups -OCH3 is 1. The molecule has 0 aliphatic carbocycles. The topological polar surface area (TPSA) is 55.4 Å². The molecule has 0 heterocycles. The maximum absolute atomic E-state index is 12.1. The standard InChI is InChI=1S/C18H27NO3S/c1-17(2,3)16(21)19-13-8-9-14(15(20)22-7)12(10-13)11-23-18(4,5)6/h8-10H,11H2,1-7H3,(H,19,21). The third-order valence-corrected chi connectivity index (χ3v) is 4.43. The summed E-state index contributed by atoms with van der Waals surface area (Å²) in [4.78, 5) is 24.1. The maximum atomic E-state index is 12.1. The van der Waals surface area contributed by atoms with Crippen molar-refractivity contribution in [1.29, 1.82) is 0 Å². The van der Waals surface area contributed by atoms with E-state index in [1.165, 1.54) is 7.11 Å². The van der Waals surface area contributed by atoms with Crippen LogP contribution in [0.5, 0.6) is 0 Å². The molecular formula is C18H27NO3S. The molecule has 0 unspecified atom stereocenters. The summed E-state index contributed by atoms with van der Waals surface area (Å²) in [6.07, 6.45) is 0. The van der Waals surface area contributed by atoms with E-state index in [0.717, 1.165) is 5.56 Å². The average Bonchev–Trinajstić information content (AvgIpc) is 2.42. The molecule has 0 spiro atoms. The Morgan fingerprint density at radius 2 is 1.74 bits per heavy atom. The molecule has 0 saturated heterocycles. The molecular weight excluding hydrogens is 310 g/mol. The number of hydrogen-bond acceptors (Lipinski definition) is 4. The van der Waals surface area contributed by atoms with Gasteiger partial charge in [-0.25, -0.2) is 4.79 Å². The Hall–Kier alpha value is -1.49. The van der Waals surface area contributed by atoms with E-state index in [-0.39, 0.29) is 16.6 Å². The van der Waals surface area contributed by atoms with Gasteiger partial charge in [-0.1, -0.05) is 41.5 Å². The number of rotatable bonds is 4. The predicted molar refractivity (Wildman–Crippen MR) is 96.9 cm³/mol. The van der Waals surface area contributed by atoms with Crippen LogP contribution >= 0.6 is 11.8 Å². The molecule has 0 aliphatic heterocycles. The normalized spacial score (nSPS) is 12.0. The lowest BCUT2D eigenvalue weighted by Crippen LogP contribution is -2.27. The second-order valence-electron chi connectivity index (χ2n) is 7.47. The number of benzene rings is 1. The van der Waals surface area contributed by atoms with Crippen LogP contribution in [0.3, 0.4) is 0 Å². The van der Waals surface area contributed by atoms with Crippen LogP contribution in [0.1, 0.15) is 57.5 Å². The number of amides is 1. The summed E-state index contributed by atoms with van der Waals surface area (Å²) >= 11 is 1.74. The molecule has 23 heavy (non-hydrogen) atoms. The van der Waals surface area contributed by atoms with E-state index >= 15 is 0 Å². The third-order valence-electron chi connectivity index (χ3n) is 3.11. The number of nitrogens with one attached hydrogen (secondary N) is 1. The van der Waals surface area contributed by atoms with E-state index in [9.17, 15) is 9.59 Å². The van der Waals surface area contributed by atoms with Gasteiger partial charge in [-0.15, -0.1) is 0 Å². The second kappa shape index (κ2) is 7.39. The van der Waals surface area contributed by atoms with Gasteiger partial charge < -0.3 is 10.1 Å². The first-order valence-electron chi connectivity index (χ1n) is 7.61. The molecule has 1 amide bonds. The summed E-state index contributed by atoms with van der Waals surface area (Å²) in [5, 5.41) is 2.90. The summed E-state index contributed by atoms with van der Waals surface area (Å²) in [6, 6.07) is 5.30. The molecule has 1 rings (SSSR count). The van der Waals surface area contributed by atoms with Gasteiger partial charge in [0.05, 0.1) is 12.7 Å². The highest BCUT2D eigenvalue weighted by Crippen LogP contribution is 2.30. The zero-order valence-corrected chi connectivity index (χ0v) is 15.9. The first-order valence-corrected chi connectivity index (χ1v) is 8.59. The van der Waals surface area contributed by atoms with Crippen LogP contribution in [0, 0.1) is 5.41 Å². The van der Waals surface area contributed by atoms with E-state index in [2.05, 4.69) is 26.1 Å². The number of carbonyl (C=O) groups excluding carboxylic acids is 2. The molecule has 4 nitrogen and oxygen atoms in total. The van der Waals surface area contributed by atoms with Crippen molar-refractivity contribution < 1.29 is 14.3 Å². The van der Waals surface area contributed by atoms with Gasteiger partial charge in [0.1, 0.15) is 0 Å². The highest BCUT2D eigenvalue weighted by atomic mass is 32.2. The highest BCUT2D eigenvalue weighted by molar-refractivity contribution is 7.99. The minimum Gasteiger partial charge on any atom is -0.465 e. The number of anilines is 1. The molecule has 128 valence electrons. The number of ether oxygens (including phenoxy) is 1. The summed E-state index contributed by atoms with van der Waals surface area (Å²) in [5.74, 6) is 0.258. The smallest absolute Gasteiger partial charge is 0.338 e. The van der Waals surface area contributed by atoms with Crippen LogP contribution in [-0.2, 0) is 15.3 Å². The number of thioether (sulfide) groups is 1. The SMILES string of the molecule is COC(=O)c1ccc(NC(=O)C(C)(C)C)cc1CSC(C)(C)C. The number of carbonyl (C=O) groups is 2. The zero-order valence-electron chi connectivity index (χ0n) is 15.1. The van der Waals surface area contributed by atoms with Crippen LogP contribution in [0.4, 0.5) is 5.69 Å². The van der Waals surface area contributed by atoms with Crippen LogP contribution in [-0.4, -0.2) is 23.7 Å². The number of hydrogen-bond donors (Lipinski definition) is 1. The molecule has 0 aliphatic rings. The molecule has 5 heteroatoms. The van der Waals surface area contributed by atoms with E-state index in [4.69, 9.17) is 4.74 Å². The largest absolute Gasteiger partial charge is 0.465 e. The van der Waals surface area contributed by atoms with Crippen molar-refractivity contribution in [1.82, 2.24) is 0 Å². The van der Waals surface area contributed by atoms with Crippen molar-refractivity contribution in [2.75, 3.05) is 12.4 Å². The molecule has 1 aromatic carbocycles. The van der Waals surface area contributed by atoms with Gasteiger partial charge in [-0.05, 0) is 23.8 Å². The van der Waals surface area contributed by atoms with Crippen LogP contribution in [0.25, 0.3) is 0 Å². The first-order chi connectivity index (χ1) is 10.4. The van der Waals surface area contributed by atoms with Crippen molar-refractivity contribution in [2.24, 2.45) is 5.41 Å². The molecule has 1 aromatic rings. The van der Waals surface area contributed by atoms with Crippen molar-refractivity contribution in [3.63, 3.8) is 0 Å². The molecule has 0 aromatic heterocycles. The monoisotopic (exact) mass is 337 g/mol. The van der Waals surface area contributed by atoms with Gasteiger partial charge in [0.25, 0.3) is 0 Å². The average molecular weight is 337 g/mol. The lowest BCUT2D eigenvalue weighted by atomic mass is 9.95. The Morgan fingerprint density at radius 1 is 1.13 bits per heavy atom. The van der Waals surface area contributed by atoms with E-state index < -0.39 is 5.41 Å². The quantitative estimate of drug-likeness (QED) is 0.823. The minimum atomic E-state index is -0.471. The van der Waals surface area contributed by atoms with Gasteiger partial charge in [0.15, 0.2) is 0 Å². The Balaban J connectivity index is 3.08. The minimum absolute atomic E-state index is 0.0576. The molecule has 0 saturated carbocycles. The van der Waals surface area contributed by atoms with Crippen LogP contribution in [0.2, 0.25) is 0 Å². The van der Waals surface area contributed by atoms with Gasteiger partial charge in [0, 0.05) is 21.6 Å². The van der Waals surface area contributed by atoms with E-state index in [0.29, 0.717) is 17.0 Å². The Labute approximate surface area is 143 Å². The first kappa shape index (κ1) is 19.6. The van der Waals surface area contributed by atoms with Gasteiger partial charge in [-0.2, -0.15) is 11.8 Å². The van der Waals surface area contributed by atoms with Crippen LogP contribution in [0.15, 0.2) is 18.2 Å². The Bertz CT molecular complexity index is 583. The summed E-state index contributed by atoms with van der Waals surface area (Å²) in [6.45, 7) is 12.0. The predicted octanol–water partition coefficient (Wildman–Crippen LogP) is 4.49. The van der Waals surface area contributed by atoms with Crippen molar-refractivity contribution in [3.8, 4) is 0 Å². The molecule has 1 N–H and O–H groups in total. The Kier molecular flexibility index (Phi) is 6.28. The van der Waals surface area contributed by atoms with Gasteiger partial charge in [-0.3, -0.25) is 4.79 Å². The molecule has 0 bridgehead atoms. The van der Waals surface area contributed by atoms with E-state index in [1.807, 2.05) is 26.8 Å². The fourth-order valence-corrected chi connectivity index (χ4v) is 2.54. The summed E-state index contributed by atoms with van der Waals surface area (Å²) < 4.78 is 4.93. The fraction of sp³-hybridized carbons (Fsp3) is 0.556. The molecule has 0 radical (unpaired) electrons. The fourth-order valence-electron chi connectivity index (χ4n) is 1.71. The summed E-state index contributed by atoms with van der Waals surface area (Å²) in [7, 11) is 1.37. The Morgan fingerprint density at radius 3 is 2.22 bits per heavy atom. The zero-order chi connectivity index (χ0) is 17.8. The maximum Gasteiger partial charge on any atom is 0.338 e. The van der Waals surface area contributed by atoms with Crippen molar-refractivity contribution >= 4 is 29.3 Å². The van der Waals surface area contributed by atoms with Gasteiger partial charge in [0.2, 0.25) is 5.91 Å². The van der Waals surface area contributed by atoms with E-state index in [1.54, 1.807) is 23.9 Å². The molecule has 0 fully saturated rings. The lowest BCUT2D eigenvalue weighted by molar-refractivity contribution is -0.123.